The Hall–Kier alpha value is -0.820. The third-order valence-electron chi connectivity index (χ3n) is 3.88. The molecule has 1 aromatic rings. The Morgan fingerprint density at radius 3 is 2.50 bits per heavy atom. The maximum absolute atomic E-state index is 3.78. The van der Waals surface area contributed by atoms with E-state index in [9.17, 15) is 0 Å². The molecule has 1 aliphatic carbocycles. The molecule has 1 N–H and O–H groups in total. The number of nitrogens with one attached hydrogen (secondary N) is 1. The topological polar surface area (TPSA) is 12.0 Å². The van der Waals surface area contributed by atoms with Crippen LogP contribution in [0.15, 0.2) is 30.3 Å². The summed E-state index contributed by atoms with van der Waals surface area (Å²) in [7, 11) is 0. The minimum atomic E-state index is 0.478. The van der Waals surface area contributed by atoms with Gasteiger partial charge in [0.25, 0.3) is 0 Å². The van der Waals surface area contributed by atoms with Crippen LogP contribution in [0.2, 0.25) is 0 Å². The van der Waals surface area contributed by atoms with E-state index in [-0.39, 0.29) is 0 Å². The lowest BCUT2D eigenvalue weighted by molar-refractivity contribution is 0.263. The van der Waals surface area contributed by atoms with Gasteiger partial charge < -0.3 is 5.32 Å². The molecule has 3 atom stereocenters. The Morgan fingerprint density at radius 2 is 1.81 bits per heavy atom. The predicted molar refractivity (Wildman–Crippen MR) is 69.4 cm³/mol. The van der Waals surface area contributed by atoms with Gasteiger partial charge in [-0.3, -0.25) is 0 Å². The first-order chi connectivity index (χ1) is 7.77. The van der Waals surface area contributed by atoms with Gasteiger partial charge in [-0.25, -0.2) is 0 Å². The summed E-state index contributed by atoms with van der Waals surface area (Å²) in [6.45, 7) is 4.66. The van der Waals surface area contributed by atoms with E-state index in [0.29, 0.717) is 12.1 Å². The molecule has 0 heterocycles. The first-order valence-electron chi connectivity index (χ1n) is 6.58. The van der Waals surface area contributed by atoms with Crippen LogP contribution < -0.4 is 5.32 Å². The van der Waals surface area contributed by atoms with Crippen molar-refractivity contribution in [2.24, 2.45) is 5.92 Å². The molecule has 1 aromatic carbocycles. The van der Waals surface area contributed by atoms with Crippen LogP contribution in [0.4, 0.5) is 0 Å². The van der Waals surface area contributed by atoms with Crippen LogP contribution in [-0.4, -0.2) is 6.04 Å². The van der Waals surface area contributed by atoms with Gasteiger partial charge in [0.15, 0.2) is 0 Å². The first-order valence-corrected chi connectivity index (χ1v) is 6.58. The van der Waals surface area contributed by atoms with Crippen molar-refractivity contribution in [2.45, 2.75) is 51.6 Å². The molecule has 0 unspecified atom stereocenters. The van der Waals surface area contributed by atoms with Gasteiger partial charge in [0.1, 0.15) is 0 Å². The van der Waals surface area contributed by atoms with Gasteiger partial charge >= 0.3 is 0 Å². The van der Waals surface area contributed by atoms with Crippen molar-refractivity contribution >= 4 is 0 Å². The van der Waals surface area contributed by atoms with Crippen molar-refractivity contribution in [3.05, 3.63) is 35.9 Å². The van der Waals surface area contributed by atoms with E-state index < -0.39 is 0 Å². The first kappa shape index (κ1) is 11.7. The second kappa shape index (κ2) is 5.49. The predicted octanol–water partition coefficient (Wildman–Crippen LogP) is 3.92. The zero-order valence-electron chi connectivity index (χ0n) is 10.4. The van der Waals surface area contributed by atoms with E-state index in [0.717, 1.165) is 5.92 Å². The summed E-state index contributed by atoms with van der Waals surface area (Å²) in [6, 6.07) is 11.9. The number of rotatable bonds is 3. The summed E-state index contributed by atoms with van der Waals surface area (Å²) in [4.78, 5) is 0. The highest BCUT2D eigenvalue weighted by Crippen LogP contribution is 2.26. The van der Waals surface area contributed by atoms with Crippen LogP contribution >= 0.6 is 0 Å². The lowest BCUT2D eigenvalue weighted by Crippen LogP contribution is -2.38. The standard InChI is InChI=1S/C15H23N/c1-12-8-6-7-11-15(12)16-13(2)14-9-4-3-5-10-14/h3-5,9-10,12-13,15-16H,6-8,11H2,1-2H3/t12-,13+,15+/m0/s1. The Kier molecular flexibility index (Phi) is 4.00. The molecule has 0 aliphatic heterocycles. The molecule has 16 heavy (non-hydrogen) atoms. The highest BCUT2D eigenvalue weighted by molar-refractivity contribution is 5.18. The molecule has 0 saturated heterocycles. The molecule has 1 fully saturated rings. The third-order valence-corrected chi connectivity index (χ3v) is 3.88. The van der Waals surface area contributed by atoms with Gasteiger partial charge in [0.05, 0.1) is 0 Å². The maximum Gasteiger partial charge on any atom is 0.0294 e. The number of hydrogen-bond donors (Lipinski definition) is 1. The van der Waals surface area contributed by atoms with Crippen LogP contribution in [0, 0.1) is 5.92 Å². The van der Waals surface area contributed by atoms with Crippen molar-refractivity contribution < 1.29 is 0 Å². The lowest BCUT2D eigenvalue weighted by Gasteiger charge is -2.32. The Bertz CT molecular complexity index is 306. The summed E-state index contributed by atoms with van der Waals surface area (Å²) < 4.78 is 0. The van der Waals surface area contributed by atoms with E-state index in [1.54, 1.807) is 0 Å². The summed E-state index contributed by atoms with van der Waals surface area (Å²) >= 11 is 0. The molecule has 0 bridgehead atoms. The van der Waals surface area contributed by atoms with Crippen molar-refractivity contribution in [1.29, 1.82) is 0 Å². The fourth-order valence-electron chi connectivity index (χ4n) is 2.72. The minimum absolute atomic E-state index is 0.478. The smallest absolute Gasteiger partial charge is 0.0294 e. The molecule has 0 aromatic heterocycles. The largest absolute Gasteiger partial charge is 0.307 e. The summed E-state index contributed by atoms with van der Waals surface area (Å²) in [5.74, 6) is 0.833. The molecular formula is C15H23N. The van der Waals surface area contributed by atoms with Gasteiger partial charge in [0.2, 0.25) is 0 Å². The van der Waals surface area contributed by atoms with E-state index >= 15 is 0 Å². The van der Waals surface area contributed by atoms with E-state index in [2.05, 4.69) is 49.5 Å². The fourth-order valence-corrected chi connectivity index (χ4v) is 2.72. The molecular weight excluding hydrogens is 194 g/mol. The van der Waals surface area contributed by atoms with Crippen LogP contribution in [-0.2, 0) is 0 Å². The quantitative estimate of drug-likeness (QED) is 0.809. The monoisotopic (exact) mass is 217 g/mol. The highest BCUT2D eigenvalue weighted by atomic mass is 15.0. The highest BCUT2D eigenvalue weighted by Gasteiger charge is 2.22. The van der Waals surface area contributed by atoms with Crippen molar-refractivity contribution in [1.82, 2.24) is 5.32 Å². The minimum Gasteiger partial charge on any atom is -0.307 e. The molecule has 88 valence electrons. The van der Waals surface area contributed by atoms with E-state index in [1.165, 1.54) is 31.2 Å². The van der Waals surface area contributed by atoms with Crippen LogP contribution in [0.3, 0.4) is 0 Å². The van der Waals surface area contributed by atoms with Crippen LogP contribution in [0.1, 0.15) is 51.1 Å². The normalized spacial score (nSPS) is 27.6. The van der Waals surface area contributed by atoms with Gasteiger partial charge in [-0.1, -0.05) is 50.1 Å². The molecule has 1 heteroatoms. The average Bonchev–Trinajstić information content (AvgIpc) is 2.33. The van der Waals surface area contributed by atoms with Gasteiger partial charge in [-0.15, -0.1) is 0 Å². The summed E-state index contributed by atoms with van der Waals surface area (Å²) in [6.07, 6.45) is 5.54. The average molecular weight is 217 g/mol. The number of hydrogen-bond acceptors (Lipinski definition) is 1. The van der Waals surface area contributed by atoms with Crippen molar-refractivity contribution in [3.63, 3.8) is 0 Å². The summed E-state index contributed by atoms with van der Waals surface area (Å²) in [5.41, 5.74) is 1.40. The number of benzene rings is 1. The SMILES string of the molecule is C[C@@H](N[C@@H]1CCCC[C@@H]1C)c1ccccc1. The van der Waals surface area contributed by atoms with Gasteiger partial charge in [-0.2, -0.15) is 0 Å². The van der Waals surface area contributed by atoms with Crippen LogP contribution in [0.5, 0.6) is 0 Å². The molecule has 0 spiro atoms. The Balaban J connectivity index is 1.94. The molecule has 0 amide bonds. The Labute approximate surface area is 99.3 Å². The lowest BCUT2D eigenvalue weighted by atomic mass is 9.85. The van der Waals surface area contributed by atoms with E-state index in [1.807, 2.05) is 0 Å². The Morgan fingerprint density at radius 1 is 1.12 bits per heavy atom. The van der Waals surface area contributed by atoms with Gasteiger partial charge in [-0.05, 0) is 31.2 Å². The second-order valence-electron chi connectivity index (χ2n) is 5.17. The van der Waals surface area contributed by atoms with E-state index in [4.69, 9.17) is 0 Å². The maximum atomic E-state index is 3.78. The molecule has 0 radical (unpaired) electrons. The zero-order chi connectivity index (χ0) is 11.4. The molecule has 1 nitrogen and oxygen atoms in total. The molecule has 1 saturated carbocycles. The second-order valence-corrected chi connectivity index (χ2v) is 5.17. The molecule has 1 aliphatic rings. The van der Waals surface area contributed by atoms with Crippen LogP contribution in [0.25, 0.3) is 0 Å². The van der Waals surface area contributed by atoms with Crippen molar-refractivity contribution in [3.8, 4) is 0 Å². The third kappa shape index (κ3) is 2.85. The van der Waals surface area contributed by atoms with Crippen molar-refractivity contribution in [2.75, 3.05) is 0 Å². The van der Waals surface area contributed by atoms with Gasteiger partial charge in [0, 0.05) is 12.1 Å². The summed E-state index contributed by atoms with van der Waals surface area (Å²) in [5, 5.41) is 3.78. The zero-order valence-corrected chi connectivity index (χ0v) is 10.4. The molecule has 2 rings (SSSR count). The fraction of sp³-hybridized carbons (Fsp3) is 0.600.